The van der Waals surface area contributed by atoms with Crippen molar-refractivity contribution in [3.05, 3.63) is 17.3 Å². The number of aliphatic hydroxyl groups is 1. The summed E-state index contributed by atoms with van der Waals surface area (Å²) in [4.78, 5) is 21.6. The van der Waals surface area contributed by atoms with Crippen LogP contribution in [0.5, 0.6) is 0 Å². The van der Waals surface area contributed by atoms with E-state index >= 15 is 0 Å². The van der Waals surface area contributed by atoms with E-state index < -0.39 is 5.54 Å². The molecular formula is C12H14N4O2S. The molecule has 1 aliphatic carbocycles. The molecule has 0 spiro atoms. The fourth-order valence-electron chi connectivity index (χ4n) is 2.24. The van der Waals surface area contributed by atoms with Crippen molar-refractivity contribution in [1.29, 1.82) is 0 Å². The van der Waals surface area contributed by atoms with Crippen LogP contribution in [0.2, 0.25) is 0 Å². The molecule has 6 nitrogen and oxygen atoms in total. The number of anilines is 1. The number of thiophene rings is 1. The molecule has 1 amide bonds. The molecule has 2 heterocycles. The van der Waals surface area contributed by atoms with Crippen LogP contribution in [-0.2, 0) is 0 Å². The van der Waals surface area contributed by atoms with Gasteiger partial charge in [0.25, 0.3) is 5.91 Å². The average Bonchev–Trinajstić information content (AvgIpc) is 2.72. The molecule has 0 saturated heterocycles. The van der Waals surface area contributed by atoms with Gasteiger partial charge in [0.15, 0.2) is 0 Å². The van der Waals surface area contributed by atoms with Gasteiger partial charge >= 0.3 is 0 Å². The number of hydrogen-bond acceptors (Lipinski definition) is 6. The highest BCUT2D eigenvalue weighted by Crippen LogP contribution is 2.34. The number of hydrogen-bond donors (Lipinski definition) is 3. The molecule has 2 aromatic heterocycles. The number of nitrogens with zero attached hydrogens (tertiary/aromatic N) is 2. The Balaban J connectivity index is 1.91. The summed E-state index contributed by atoms with van der Waals surface area (Å²) in [5.74, 6) is -0.254. The summed E-state index contributed by atoms with van der Waals surface area (Å²) in [5.41, 5.74) is 6.39. The van der Waals surface area contributed by atoms with Gasteiger partial charge in [-0.2, -0.15) is 0 Å². The van der Waals surface area contributed by atoms with Crippen LogP contribution in [0.25, 0.3) is 10.3 Å². The lowest BCUT2D eigenvalue weighted by molar-refractivity contribution is 0.0646. The molecule has 0 aliphatic heterocycles. The van der Waals surface area contributed by atoms with E-state index in [1.807, 2.05) is 0 Å². The van der Waals surface area contributed by atoms with Crippen molar-refractivity contribution in [3.63, 3.8) is 0 Å². The Morgan fingerprint density at radius 3 is 2.79 bits per heavy atom. The molecule has 100 valence electrons. The number of carbonyl (C=O) groups is 1. The summed E-state index contributed by atoms with van der Waals surface area (Å²) in [6.45, 7) is -0.0416. The lowest BCUT2D eigenvalue weighted by atomic mass is 9.77. The van der Waals surface area contributed by atoms with E-state index in [9.17, 15) is 9.90 Å². The van der Waals surface area contributed by atoms with E-state index in [0.717, 1.165) is 19.3 Å². The minimum atomic E-state index is -0.472. The van der Waals surface area contributed by atoms with Gasteiger partial charge in [-0.1, -0.05) is 0 Å². The smallest absolute Gasteiger partial charge is 0.264 e. The average molecular weight is 278 g/mol. The Morgan fingerprint density at radius 2 is 2.21 bits per heavy atom. The van der Waals surface area contributed by atoms with Crippen LogP contribution < -0.4 is 11.1 Å². The number of nitrogen functional groups attached to an aromatic ring is 1. The third-order valence-electron chi connectivity index (χ3n) is 3.56. The van der Waals surface area contributed by atoms with Crippen LogP contribution in [0.4, 0.5) is 5.69 Å². The van der Waals surface area contributed by atoms with Gasteiger partial charge in [-0.3, -0.25) is 4.79 Å². The maximum atomic E-state index is 12.3. The van der Waals surface area contributed by atoms with Crippen molar-refractivity contribution < 1.29 is 9.90 Å². The number of aliphatic hydroxyl groups excluding tert-OH is 1. The van der Waals surface area contributed by atoms with Gasteiger partial charge < -0.3 is 16.2 Å². The van der Waals surface area contributed by atoms with Crippen LogP contribution in [-0.4, -0.2) is 33.1 Å². The molecule has 1 aliphatic rings. The zero-order valence-corrected chi connectivity index (χ0v) is 11.0. The second-order valence-electron chi connectivity index (χ2n) is 4.80. The molecule has 1 saturated carbocycles. The molecule has 0 bridgehead atoms. The topological polar surface area (TPSA) is 101 Å². The van der Waals surface area contributed by atoms with E-state index in [2.05, 4.69) is 15.3 Å². The quantitative estimate of drug-likeness (QED) is 0.775. The number of nitrogens with two attached hydrogens (primary N) is 1. The summed E-state index contributed by atoms with van der Waals surface area (Å²) >= 11 is 1.23. The zero-order valence-electron chi connectivity index (χ0n) is 10.2. The van der Waals surface area contributed by atoms with E-state index in [-0.39, 0.29) is 12.5 Å². The van der Waals surface area contributed by atoms with Gasteiger partial charge in [0.05, 0.1) is 17.8 Å². The van der Waals surface area contributed by atoms with Gasteiger partial charge in [-0.25, -0.2) is 9.97 Å². The third kappa shape index (κ3) is 1.95. The second kappa shape index (κ2) is 4.43. The monoisotopic (exact) mass is 278 g/mol. The molecule has 3 rings (SSSR count). The first-order chi connectivity index (χ1) is 9.15. The van der Waals surface area contributed by atoms with Gasteiger partial charge in [0.1, 0.15) is 15.2 Å². The number of aromatic nitrogens is 2. The van der Waals surface area contributed by atoms with Crippen LogP contribution >= 0.6 is 11.3 Å². The SMILES string of the molecule is Nc1c(C(=O)NC2(CO)CCC2)sc2nccnc12. The number of rotatable bonds is 3. The molecule has 7 heteroatoms. The van der Waals surface area contributed by atoms with Gasteiger partial charge in [-0.05, 0) is 19.3 Å². The predicted molar refractivity (Wildman–Crippen MR) is 73.0 cm³/mol. The first-order valence-corrected chi connectivity index (χ1v) is 6.89. The van der Waals surface area contributed by atoms with E-state index in [1.165, 1.54) is 11.3 Å². The fourth-order valence-corrected chi connectivity index (χ4v) is 3.15. The maximum absolute atomic E-state index is 12.3. The third-order valence-corrected chi connectivity index (χ3v) is 4.66. The molecule has 19 heavy (non-hydrogen) atoms. The van der Waals surface area contributed by atoms with Crippen molar-refractivity contribution in [3.8, 4) is 0 Å². The Morgan fingerprint density at radius 1 is 1.47 bits per heavy atom. The van der Waals surface area contributed by atoms with Gasteiger partial charge in [0, 0.05) is 12.4 Å². The molecule has 1 fully saturated rings. The van der Waals surface area contributed by atoms with Crippen molar-refractivity contribution in [1.82, 2.24) is 15.3 Å². The molecular weight excluding hydrogens is 264 g/mol. The molecule has 0 atom stereocenters. The molecule has 0 unspecified atom stereocenters. The van der Waals surface area contributed by atoms with Crippen LogP contribution in [0, 0.1) is 0 Å². The first kappa shape index (κ1) is 12.3. The summed E-state index contributed by atoms with van der Waals surface area (Å²) in [7, 11) is 0. The minimum absolute atomic E-state index is 0.0416. The van der Waals surface area contributed by atoms with E-state index in [4.69, 9.17) is 5.73 Å². The summed E-state index contributed by atoms with van der Waals surface area (Å²) in [6.07, 6.45) is 5.74. The second-order valence-corrected chi connectivity index (χ2v) is 5.80. The minimum Gasteiger partial charge on any atom is -0.396 e. The predicted octanol–water partition coefficient (Wildman–Crippen LogP) is 0.918. The van der Waals surface area contributed by atoms with Crippen LogP contribution in [0.3, 0.4) is 0 Å². The lowest BCUT2D eigenvalue weighted by Crippen LogP contribution is -2.56. The van der Waals surface area contributed by atoms with Crippen molar-refractivity contribution in [2.75, 3.05) is 12.3 Å². The normalized spacial score (nSPS) is 17.1. The first-order valence-electron chi connectivity index (χ1n) is 6.07. The number of carbonyl (C=O) groups excluding carboxylic acids is 1. The van der Waals surface area contributed by atoms with Crippen LogP contribution in [0.15, 0.2) is 12.4 Å². The van der Waals surface area contributed by atoms with E-state index in [0.29, 0.717) is 20.9 Å². The highest BCUT2D eigenvalue weighted by Gasteiger charge is 2.38. The highest BCUT2D eigenvalue weighted by atomic mass is 32.1. The maximum Gasteiger partial charge on any atom is 0.264 e. The molecule has 2 aromatic rings. The van der Waals surface area contributed by atoms with Gasteiger partial charge in [-0.15, -0.1) is 11.3 Å². The standard InChI is InChI=1S/C12H14N4O2S/c13-7-8-11(15-5-4-14-8)19-9(7)10(18)16-12(6-17)2-1-3-12/h4-5,17H,1-3,6,13H2,(H,16,18). The van der Waals surface area contributed by atoms with Gasteiger partial charge in [0.2, 0.25) is 0 Å². The molecule has 0 aromatic carbocycles. The fraction of sp³-hybridized carbons (Fsp3) is 0.417. The number of nitrogens with one attached hydrogen (secondary N) is 1. The van der Waals surface area contributed by atoms with Crippen molar-refractivity contribution in [2.24, 2.45) is 0 Å². The molecule has 0 radical (unpaired) electrons. The van der Waals surface area contributed by atoms with E-state index in [1.54, 1.807) is 12.4 Å². The highest BCUT2D eigenvalue weighted by molar-refractivity contribution is 7.21. The number of fused-ring (bicyclic) bond motifs is 1. The summed E-state index contributed by atoms with van der Waals surface area (Å²) in [5, 5.41) is 12.3. The Hall–Kier alpha value is -1.73. The Kier molecular flexibility index (Phi) is 2.87. The van der Waals surface area contributed by atoms with Crippen molar-refractivity contribution >= 4 is 33.3 Å². The van der Waals surface area contributed by atoms with Crippen molar-refractivity contribution in [2.45, 2.75) is 24.8 Å². The number of amides is 1. The lowest BCUT2D eigenvalue weighted by Gasteiger charge is -2.40. The Bertz CT molecular complexity index is 630. The Labute approximate surface area is 113 Å². The largest absolute Gasteiger partial charge is 0.396 e. The summed E-state index contributed by atoms with van der Waals surface area (Å²) in [6, 6.07) is 0. The van der Waals surface area contributed by atoms with Crippen LogP contribution in [0.1, 0.15) is 28.9 Å². The zero-order chi connectivity index (χ0) is 13.5. The molecule has 4 N–H and O–H groups in total. The summed E-state index contributed by atoms with van der Waals surface area (Å²) < 4.78 is 0.